The summed E-state index contributed by atoms with van der Waals surface area (Å²) in [5.74, 6) is -8.03. The Labute approximate surface area is 680 Å². The Morgan fingerprint density at radius 3 is 1.97 bits per heavy atom. The van der Waals surface area contributed by atoms with Crippen LogP contribution in [0.4, 0.5) is 4.79 Å². The molecule has 4 aliphatic rings. The number of Topliss-reactive ketones (excluding diaryl/α,β-unsaturated/α-hetero) is 4. The first kappa shape index (κ1) is 93.4. The molecule has 632 valence electrons. The number of alkyl carbamates (subject to hydrolysis) is 1. The summed E-state index contributed by atoms with van der Waals surface area (Å²) in [5, 5.41) is 10.4. The number of nitrogens with two attached hydrogens (primary N) is 1. The average Bonchev–Trinajstić information content (AvgIpc) is 1.57. The van der Waals surface area contributed by atoms with Gasteiger partial charge in [0.2, 0.25) is 41.4 Å². The summed E-state index contributed by atoms with van der Waals surface area (Å²) in [7, 11) is 8.31. The number of thioether (sulfide) groups is 1. The fourth-order valence-corrected chi connectivity index (χ4v) is 17.5. The normalized spacial score (nSPS) is 19.1. The lowest BCUT2D eigenvalue weighted by Crippen LogP contribution is -2.54. The molecule has 10 amide bonds. The summed E-state index contributed by atoms with van der Waals surface area (Å²) >= 11 is 1.31. The molecule has 3 heterocycles. The van der Waals surface area contributed by atoms with E-state index in [0.29, 0.717) is 78.9 Å². The molecule has 0 aromatic heterocycles. The molecule has 28 nitrogen and oxygen atoms in total. The van der Waals surface area contributed by atoms with Gasteiger partial charge in [-0.2, -0.15) is 0 Å². The zero-order chi connectivity index (χ0) is 84.7. The van der Waals surface area contributed by atoms with Gasteiger partial charge >= 0.3 is 12.1 Å². The van der Waals surface area contributed by atoms with Crippen molar-refractivity contribution >= 4 is 111 Å². The lowest BCUT2D eigenvalue weighted by atomic mass is 9.83. The summed E-state index contributed by atoms with van der Waals surface area (Å²) in [6.07, 6.45) is 1.69. The fraction of sp³-hybridized carbons (Fsp3) is 0.640. The van der Waals surface area contributed by atoms with Gasteiger partial charge in [0.05, 0.1) is 73.0 Å². The molecule has 0 radical (unpaired) electrons. The smallest absolute Gasteiger partial charge is 0.407 e. The summed E-state index contributed by atoms with van der Waals surface area (Å²) in [6.45, 7) is 16.7. The van der Waals surface area contributed by atoms with Crippen LogP contribution in [-0.4, -0.2) is 221 Å². The Kier molecular flexibility index (Phi) is 35.7. The molecule has 29 heteroatoms. The number of hydrogen-bond acceptors (Lipinski definition) is 21. The third-order valence-corrected chi connectivity index (χ3v) is 24.8. The number of carbonyl (C=O) groups is 15. The first-order valence-electron chi connectivity index (χ1n) is 40.8. The average molecular weight is 1620 g/mol. The monoisotopic (exact) mass is 1620 g/mol. The van der Waals surface area contributed by atoms with Crippen molar-refractivity contribution in [1.29, 1.82) is 0 Å². The van der Waals surface area contributed by atoms with Crippen LogP contribution in [-0.2, 0) is 94.4 Å². The van der Waals surface area contributed by atoms with Crippen molar-refractivity contribution in [3.05, 3.63) is 83.4 Å². The van der Waals surface area contributed by atoms with Gasteiger partial charge < -0.3 is 50.5 Å². The highest BCUT2D eigenvalue weighted by Crippen LogP contribution is 2.52. The second-order valence-electron chi connectivity index (χ2n) is 33.2. The Bertz CT molecular complexity index is 3930. The standard InChI is InChI=1S/C86H123N9O19S/c1-15-54(8)79(92(12)83(108)64(52(4)5)43-68(98)78(53(6)7)91(10)11)70(111-13)44-75(103)94-48-61(41-66(94)80(112-14)55(9)81(106)88-47-69(99)60-33-32-58-23-18-19-24-59(58)40-60)89-85(110)113-49-57-30-28-56(29-31-57)39-67(97)65(26-20-21-27-72(87)100)90-82(107)63(51(2)3)42-62(96)25-17-16-22-38-93-76(104)45-71(84(93)109)115-50-86(36-37-86)46-77(105)114-95-73(101)34-35-74(95)102/h18-19,23-24,28-33,40,51-55,61,63-66,70-71,78-80H,15-17,20-22,25-27,34-39,41-50H2,1-14H3,(H2,87,100)(H,88,106)(H,89,110)(H,90,107)/t54-,55+,61-,63-,64-,65-,66-,70+,71?,78-,79-,80+/m0/s1. The van der Waals surface area contributed by atoms with Crippen molar-refractivity contribution in [1.82, 2.24) is 40.6 Å². The number of carbonyl (C=O) groups excluding carboxylic acids is 15. The quantitative estimate of drug-likeness (QED) is 0.0233. The van der Waals surface area contributed by atoms with E-state index in [1.54, 1.807) is 60.2 Å². The van der Waals surface area contributed by atoms with E-state index >= 15 is 4.79 Å². The van der Waals surface area contributed by atoms with Crippen LogP contribution in [0.15, 0.2) is 66.7 Å². The van der Waals surface area contributed by atoms with Gasteiger partial charge in [0.1, 0.15) is 12.4 Å². The van der Waals surface area contributed by atoms with Crippen LogP contribution in [0.3, 0.4) is 0 Å². The third-order valence-electron chi connectivity index (χ3n) is 23.2. The number of hydroxylamine groups is 2. The number of benzene rings is 3. The molecule has 7 rings (SSSR count). The van der Waals surface area contributed by atoms with Crippen molar-refractivity contribution in [3.63, 3.8) is 0 Å². The summed E-state index contributed by atoms with van der Waals surface area (Å²) in [6, 6.07) is 16.2. The van der Waals surface area contributed by atoms with Crippen LogP contribution in [0.2, 0.25) is 0 Å². The zero-order valence-electron chi connectivity index (χ0n) is 69.7. The molecule has 4 fully saturated rings. The third kappa shape index (κ3) is 26.6. The van der Waals surface area contributed by atoms with Crippen molar-refractivity contribution in [3.8, 4) is 0 Å². The van der Waals surface area contributed by atoms with E-state index in [9.17, 15) is 67.1 Å². The van der Waals surface area contributed by atoms with Crippen LogP contribution in [0.25, 0.3) is 10.8 Å². The van der Waals surface area contributed by atoms with Crippen LogP contribution in [0.5, 0.6) is 0 Å². The second kappa shape index (κ2) is 44.0. The molecule has 0 spiro atoms. The summed E-state index contributed by atoms with van der Waals surface area (Å²) < 4.78 is 18.1. The maximum absolute atomic E-state index is 15.2. The highest BCUT2D eigenvalue weighted by molar-refractivity contribution is 8.00. The SMILES string of the molecule is CC[C@H](C)[C@@H]([C@@H](CC(=O)N1C[C@@H](NC(=O)OCc2ccc(CC(=O)[C@H](CCCCC(N)=O)NC(=O)[C@@H](CC(=O)CCCCCN3C(=O)CC(SCC4(CC(=O)ON5C(=O)CCC5=O)CC4)C3=O)C(C)C)cc2)C[C@H]1[C@H](OC)[C@@H](C)C(=O)NCC(=O)c1ccc2ccccc2c1)OC)N(C)C(=O)[C@@H](CC(=O)[C@H](C(C)C)N(C)C)C(C)C. The molecule has 0 bridgehead atoms. The van der Waals surface area contributed by atoms with Gasteiger partial charge in [0.25, 0.3) is 11.8 Å². The molecule has 115 heavy (non-hydrogen) atoms. The molecule has 12 atom stereocenters. The Morgan fingerprint density at radius 1 is 0.704 bits per heavy atom. The van der Waals surface area contributed by atoms with Crippen molar-refractivity contribution < 1.29 is 91.0 Å². The number of unbranched alkanes of at least 4 members (excludes halogenated alkanes) is 3. The number of hydrogen-bond donors (Lipinski definition) is 4. The largest absolute Gasteiger partial charge is 0.445 e. The predicted molar refractivity (Wildman–Crippen MR) is 432 cm³/mol. The first-order chi connectivity index (χ1) is 54.5. The molecular weight excluding hydrogens is 1500 g/mol. The van der Waals surface area contributed by atoms with Gasteiger partial charge in [0, 0.05) is 109 Å². The van der Waals surface area contributed by atoms with Gasteiger partial charge in [-0.05, 0) is 116 Å². The number of likely N-dealkylation sites (tertiary alicyclic amines) is 2. The van der Waals surface area contributed by atoms with E-state index in [4.69, 9.17) is 24.8 Å². The number of likely N-dealkylation sites (N-methyl/N-ethyl adjacent to an activating group) is 2. The summed E-state index contributed by atoms with van der Waals surface area (Å²) in [4.78, 5) is 213. The Hall–Kier alpha value is -8.80. The molecule has 1 saturated carbocycles. The topological polar surface area (TPSA) is 371 Å². The molecule has 3 aromatic rings. The van der Waals surface area contributed by atoms with Crippen LogP contribution >= 0.6 is 11.8 Å². The van der Waals surface area contributed by atoms with Gasteiger partial charge in [-0.25, -0.2) is 9.59 Å². The van der Waals surface area contributed by atoms with Gasteiger partial charge in [-0.1, -0.05) is 142 Å². The minimum Gasteiger partial charge on any atom is -0.445 e. The number of imide groups is 2. The number of nitrogens with one attached hydrogen (secondary N) is 3. The maximum atomic E-state index is 15.2. The van der Waals surface area contributed by atoms with E-state index in [1.165, 1.54) is 30.9 Å². The van der Waals surface area contributed by atoms with Crippen LogP contribution in [0.1, 0.15) is 206 Å². The summed E-state index contributed by atoms with van der Waals surface area (Å²) in [5.41, 5.74) is 6.56. The Balaban J connectivity index is 0.946. The lowest BCUT2D eigenvalue weighted by Gasteiger charge is -2.41. The number of ketones is 4. The van der Waals surface area contributed by atoms with Gasteiger partial charge in [-0.3, -0.25) is 72.1 Å². The zero-order valence-corrected chi connectivity index (χ0v) is 70.5. The minimum atomic E-state index is -0.978. The number of ether oxygens (including phenoxy) is 3. The van der Waals surface area contributed by atoms with E-state index in [1.807, 2.05) is 105 Å². The molecule has 5 N–H and O–H groups in total. The predicted octanol–water partition coefficient (Wildman–Crippen LogP) is 8.85. The van der Waals surface area contributed by atoms with Crippen molar-refractivity contribution in [2.75, 3.05) is 60.7 Å². The minimum absolute atomic E-state index is 0.00712. The van der Waals surface area contributed by atoms with Crippen LogP contribution < -0.4 is 21.7 Å². The van der Waals surface area contributed by atoms with Gasteiger partial charge in [0.15, 0.2) is 17.3 Å². The molecule has 1 unspecified atom stereocenters. The number of methoxy groups -OCH3 is 2. The highest BCUT2D eigenvalue weighted by atomic mass is 32.2. The lowest BCUT2D eigenvalue weighted by molar-refractivity contribution is -0.198. The fourth-order valence-electron chi connectivity index (χ4n) is 16.1. The number of amides is 10. The molecule has 3 aliphatic heterocycles. The van der Waals surface area contributed by atoms with Crippen LogP contribution in [0, 0.1) is 46.8 Å². The number of nitrogens with zero attached hydrogens (tertiary/aromatic N) is 5. The van der Waals surface area contributed by atoms with E-state index in [-0.39, 0.29) is 168 Å². The van der Waals surface area contributed by atoms with Gasteiger partial charge in [-0.15, -0.1) is 16.8 Å². The maximum Gasteiger partial charge on any atom is 0.407 e. The Morgan fingerprint density at radius 2 is 1.36 bits per heavy atom. The number of fused-ring (bicyclic) bond motifs is 1. The first-order valence-corrected chi connectivity index (χ1v) is 41.8. The number of rotatable bonds is 49. The van der Waals surface area contributed by atoms with E-state index in [0.717, 1.165) is 10.8 Å². The van der Waals surface area contributed by atoms with Crippen molar-refractivity contribution in [2.45, 2.75) is 245 Å². The second-order valence-corrected chi connectivity index (χ2v) is 34.4. The van der Waals surface area contributed by atoms with E-state index < -0.39 is 118 Å². The molecule has 3 saturated heterocycles. The van der Waals surface area contributed by atoms with Crippen molar-refractivity contribution in [2.24, 2.45) is 52.6 Å². The molecular formula is C86H123N9O19S. The highest BCUT2D eigenvalue weighted by Gasteiger charge is 2.50. The van der Waals surface area contributed by atoms with E-state index in [2.05, 4.69) is 16.0 Å². The number of primary amides is 1. The molecule has 3 aromatic carbocycles. The molecule has 1 aliphatic carbocycles.